The topological polar surface area (TPSA) is 46.5 Å². The number of para-hydroxylation sites is 1. The van der Waals surface area contributed by atoms with Crippen molar-refractivity contribution in [3.63, 3.8) is 0 Å². The Bertz CT molecular complexity index is 617. The Morgan fingerprint density at radius 2 is 1.77 bits per heavy atom. The fourth-order valence-corrected chi connectivity index (χ4v) is 2.42. The molecule has 1 atom stereocenters. The van der Waals surface area contributed by atoms with E-state index in [9.17, 15) is 9.90 Å². The van der Waals surface area contributed by atoms with Crippen molar-refractivity contribution in [2.45, 2.75) is 32.6 Å². The van der Waals surface area contributed by atoms with Crippen LogP contribution in [0.2, 0.25) is 0 Å². The summed E-state index contributed by atoms with van der Waals surface area (Å²) in [7, 11) is 0. The Balaban J connectivity index is 1.89. The van der Waals surface area contributed by atoms with E-state index in [4.69, 9.17) is 4.74 Å². The van der Waals surface area contributed by atoms with E-state index < -0.39 is 11.9 Å². The number of carboxylic acid groups (broad SMARTS) is 1. The van der Waals surface area contributed by atoms with Crippen LogP contribution in [0.1, 0.15) is 35.4 Å². The van der Waals surface area contributed by atoms with Gasteiger partial charge in [0.05, 0.1) is 12.5 Å². The Kier molecular flexibility index (Phi) is 5.59. The highest BCUT2D eigenvalue weighted by Crippen LogP contribution is 2.23. The third kappa shape index (κ3) is 4.35. The Hall–Kier alpha value is -2.29. The van der Waals surface area contributed by atoms with E-state index in [-0.39, 0.29) is 0 Å². The summed E-state index contributed by atoms with van der Waals surface area (Å²) in [6.07, 6.45) is 1.28. The molecule has 2 aromatic rings. The van der Waals surface area contributed by atoms with Crippen molar-refractivity contribution in [3.05, 3.63) is 65.2 Å². The van der Waals surface area contributed by atoms with Crippen LogP contribution in [0.4, 0.5) is 0 Å². The van der Waals surface area contributed by atoms with Crippen LogP contribution in [0.3, 0.4) is 0 Å². The van der Waals surface area contributed by atoms with Gasteiger partial charge in [0.15, 0.2) is 0 Å². The Morgan fingerprint density at radius 1 is 1.09 bits per heavy atom. The molecule has 116 valence electrons. The normalized spacial score (nSPS) is 11.9. The molecule has 0 aromatic heterocycles. The molecule has 3 nitrogen and oxygen atoms in total. The van der Waals surface area contributed by atoms with Crippen molar-refractivity contribution in [1.82, 2.24) is 0 Å². The molecule has 0 heterocycles. The highest BCUT2D eigenvalue weighted by Gasteiger charge is 2.19. The second kappa shape index (κ2) is 7.64. The highest BCUT2D eigenvalue weighted by molar-refractivity contribution is 5.76. The van der Waals surface area contributed by atoms with Crippen molar-refractivity contribution in [2.24, 2.45) is 0 Å². The SMILES string of the molecule is Cc1ccc(C(CCCOc2ccccc2C)C(=O)O)cc1. The first-order chi connectivity index (χ1) is 10.6. The van der Waals surface area contributed by atoms with E-state index in [1.165, 1.54) is 0 Å². The number of rotatable bonds is 7. The molecule has 0 bridgehead atoms. The molecule has 1 N–H and O–H groups in total. The second-order valence-electron chi connectivity index (χ2n) is 5.56. The quantitative estimate of drug-likeness (QED) is 0.774. The summed E-state index contributed by atoms with van der Waals surface area (Å²) in [4.78, 5) is 11.5. The van der Waals surface area contributed by atoms with Crippen LogP contribution in [-0.2, 0) is 4.79 Å². The molecule has 0 amide bonds. The maximum Gasteiger partial charge on any atom is 0.310 e. The molecule has 2 aromatic carbocycles. The van der Waals surface area contributed by atoms with Crippen molar-refractivity contribution >= 4 is 5.97 Å². The van der Waals surface area contributed by atoms with Gasteiger partial charge in [-0.05, 0) is 43.9 Å². The molecule has 0 fully saturated rings. The third-order valence-corrected chi connectivity index (χ3v) is 3.77. The van der Waals surface area contributed by atoms with Gasteiger partial charge < -0.3 is 9.84 Å². The predicted octanol–water partition coefficient (Wildman–Crippen LogP) is 4.33. The minimum atomic E-state index is -0.778. The zero-order valence-electron chi connectivity index (χ0n) is 13.1. The number of hydrogen-bond acceptors (Lipinski definition) is 2. The van der Waals surface area contributed by atoms with E-state index in [1.807, 2.05) is 62.4 Å². The largest absolute Gasteiger partial charge is 0.493 e. The molecule has 0 aliphatic rings. The van der Waals surface area contributed by atoms with Gasteiger partial charge in [-0.1, -0.05) is 48.0 Å². The smallest absolute Gasteiger partial charge is 0.310 e. The summed E-state index contributed by atoms with van der Waals surface area (Å²) in [5, 5.41) is 9.42. The molecule has 0 spiro atoms. The maximum absolute atomic E-state index is 11.5. The van der Waals surface area contributed by atoms with E-state index in [0.717, 1.165) is 22.4 Å². The molecule has 3 heteroatoms. The molecule has 0 aliphatic heterocycles. The summed E-state index contributed by atoms with van der Waals surface area (Å²) in [6.45, 7) is 4.53. The fraction of sp³-hybridized carbons (Fsp3) is 0.316. The molecule has 0 radical (unpaired) electrons. The number of aryl methyl sites for hydroxylation is 2. The average Bonchev–Trinajstić information content (AvgIpc) is 2.50. The average molecular weight is 298 g/mol. The first kappa shape index (κ1) is 16.1. The molecule has 0 saturated carbocycles. The van der Waals surface area contributed by atoms with Gasteiger partial charge in [-0.25, -0.2) is 0 Å². The fourth-order valence-electron chi connectivity index (χ4n) is 2.42. The van der Waals surface area contributed by atoms with E-state index in [1.54, 1.807) is 0 Å². The lowest BCUT2D eigenvalue weighted by molar-refractivity contribution is -0.139. The van der Waals surface area contributed by atoms with Crippen LogP contribution < -0.4 is 4.74 Å². The highest BCUT2D eigenvalue weighted by atomic mass is 16.5. The lowest BCUT2D eigenvalue weighted by atomic mass is 9.94. The van der Waals surface area contributed by atoms with Gasteiger partial charge in [0.1, 0.15) is 5.75 Å². The molecule has 22 heavy (non-hydrogen) atoms. The number of ether oxygens (including phenoxy) is 1. The summed E-state index contributed by atoms with van der Waals surface area (Å²) in [6, 6.07) is 15.6. The Morgan fingerprint density at radius 3 is 2.41 bits per heavy atom. The third-order valence-electron chi connectivity index (χ3n) is 3.77. The first-order valence-corrected chi connectivity index (χ1v) is 7.55. The number of benzene rings is 2. The van der Waals surface area contributed by atoms with E-state index >= 15 is 0 Å². The van der Waals surface area contributed by atoms with Gasteiger partial charge in [-0.2, -0.15) is 0 Å². The molecule has 2 rings (SSSR count). The van der Waals surface area contributed by atoms with Crippen LogP contribution in [0.5, 0.6) is 5.75 Å². The summed E-state index contributed by atoms with van der Waals surface area (Å²) >= 11 is 0. The number of carboxylic acids is 1. The number of hydrogen-bond donors (Lipinski definition) is 1. The first-order valence-electron chi connectivity index (χ1n) is 7.55. The van der Waals surface area contributed by atoms with E-state index in [2.05, 4.69) is 0 Å². The molecular weight excluding hydrogens is 276 g/mol. The van der Waals surface area contributed by atoms with Gasteiger partial charge >= 0.3 is 5.97 Å². The molecule has 1 unspecified atom stereocenters. The number of carbonyl (C=O) groups is 1. The summed E-state index contributed by atoms with van der Waals surface area (Å²) in [5.41, 5.74) is 3.08. The summed E-state index contributed by atoms with van der Waals surface area (Å²) < 4.78 is 5.73. The minimum Gasteiger partial charge on any atom is -0.493 e. The standard InChI is InChI=1S/C19H22O3/c1-14-9-11-16(12-10-14)17(19(20)21)7-5-13-22-18-8-4-3-6-15(18)2/h3-4,6,8-12,17H,5,7,13H2,1-2H3,(H,20,21). The van der Waals surface area contributed by atoms with Gasteiger partial charge in [-0.15, -0.1) is 0 Å². The van der Waals surface area contributed by atoms with Crippen molar-refractivity contribution in [1.29, 1.82) is 0 Å². The van der Waals surface area contributed by atoms with Gasteiger partial charge in [-0.3, -0.25) is 4.79 Å². The second-order valence-corrected chi connectivity index (χ2v) is 5.56. The summed E-state index contributed by atoms with van der Waals surface area (Å²) in [5.74, 6) is -0.384. The van der Waals surface area contributed by atoms with Crippen LogP contribution >= 0.6 is 0 Å². The van der Waals surface area contributed by atoms with Crippen molar-refractivity contribution < 1.29 is 14.6 Å². The number of aliphatic carboxylic acids is 1. The van der Waals surface area contributed by atoms with Crippen molar-refractivity contribution in [2.75, 3.05) is 6.61 Å². The van der Waals surface area contributed by atoms with Crippen LogP contribution in [0, 0.1) is 13.8 Å². The molecule has 0 aliphatic carbocycles. The van der Waals surface area contributed by atoms with E-state index in [0.29, 0.717) is 19.4 Å². The zero-order chi connectivity index (χ0) is 15.9. The van der Waals surface area contributed by atoms with Crippen LogP contribution in [0.25, 0.3) is 0 Å². The van der Waals surface area contributed by atoms with Crippen LogP contribution in [0.15, 0.2) is 48.5 Å². The van der Waals surface area contributed by atoms with Gasteiger partial charge in [0.2, 0.25) is 0 Å². The Labute approximate surface area is 131 Å². The monoisotopic (exact) mass is 298 g/mol. The van der Waals surface area contributed by atoms with Crippen molar-refractivity contribution in [3.8, 4) is 5.75 Å². The minimum absolute atomic E-state index is 0.471. The molecular formula is C19H22O3. The van der Waals surface area contributed by atoms with Gasteiger partial charge in [0, 0.05) is 0 Å². The zero-order valence-corrected chi connectivity index (χ0v) is 13.1. The lowest BCUT2D eigenvalue weighted by Crippen LogP contribution is -2.13. The van der Waals surface area contributed by atoms with Gasteiger partial charge in [0.25, 0.3) is 0 Å². The lowest BCUT2D eigenvalue weighted by Gasteiger charge is -2.14. The molecule has 0 saturated heterocycles. The predicted molar refractivity (Wildman–Crippen MR) is 87.5 cm³/mol. The maximum atomic E-state index is 11.5. The van der Waals surface area contributed by atoms with Crippen LogP contribution in [-0.4, -0.2) is 17.7 Å².